The van der Waals surface area contributed by atoms with Crippen LogP contribution in [0.4, 0.5) is 0 Å². The van der Waals surface area contributed by atoms with E-state index in [9.17, 15) is 19.8 Å². The minimum absolute atomic E-state index is 0.0309. The number of rotatable bonds is 6. The van der Waals surface area contributed by atoms with Crippen molar-refractivity contribution < 1.29 is 24.5 Å². The standard InChI is InChI=1S/C14H19NO5S/c1-8-6-10(7-15-12(8)14(19)20-3)13(18)11(17)4-5-21-9(2)16/h6-7,11,13,17-18H,4-5H2,1-3H3. The number of ether oxygens (including phenoxy) is 1. The number of thioether (sulfide) groups is 1. The first kappa shape index (κ1) is 17.6. The molecular weight excluding hydrogens is 294 g/mol. The maximum absolute atomic E-state index is 11.4. The predicted octanol–water partition coefficient (Wildman–Crippen LogP) is 1.24. The van der Waals surface area contributed by atoms with Crippen molar-refractivity contribution in [2.24, 2.45) is 0 Å². The number of aryl methyl sites for hydroxylation is 1. The van der Waals surface area contributed by atoms with Crippen molar-refractivity contribution in [1.29, 1.82) is 0 Å². The highest BCUT2D eigenvalue weighted by atomic mass is 32.2. The Labute approximate surface area is 127 Å². The van der Waals surface area contributed by atoms with Crippen molar-refractivity contribution in [2.45, 2.75) is 32.5 Å². The van der Waals surface area contributed by atoms with Crippen LogP contribution >= 0.6 is 11.8 Å². The minimum atomic E-state index is -1.12. The van der Waals surface area contributed by atoms with Crippen molar-refractivity contribution in [3.05, 3.63) is 29.1 Å². The Bertz CT molecular complexity index is 520. The molecule has 0 fully saturated rings. The lowest BCUT2D eigenvalue weighted by Gasteiger charge is -2.18. The van der Waals surface area contributed by atoms with Crippen LogP contribution in [0.15, 0.2) is 12.3 Å². The van der Waals surface area contributed by atoms with Crippen molar-refractivity contribution in [3.63, 3.8) is 0 Å². The fourth-order valence-electron chi connectivity index (χ4n) is 1.77. The summed E-state index contributed by atoms with van der Waals surface area (Å²) in [5.74, 6) is -0.118. The lowest BCUT2D eigenvalue weighted by molar-refractivity contribution is -0.109. The quantitative estimate of drug-likeness (QED) is 0.763. The first-order chi connectivity index (χ1) is 9.86. The average Bonchev–Trinajstić information content (AvgIpc) is 2.45. The molecule has 2 unspecified atom stereocenters. The van der Waals surface area contributed by atoms with Crippen LogP contribution in [0.25, 0.3) is 0 Å². The van der Waals surface area contributed by atoms with Gasteiger partial charge < -0.3 is 14.9 Å². The van der Waals surface area contributed by atoms with Crippen LogP contribution < -0.4 is 0 Å². The smallest absolute Gasteiger partial charge is 0.356 e. The van der Waals surface area contributed by atoms with Gasteiger partial charge in [-0.3, -0.25) is 4.79 Å². The highest BCUT2D eigenvalue weighted by molar-refractivity contribution is 8.13. The van der Waals surface area contributed by atoms with E-state index in [1.165, 1.54) is 20.2 Å². The fraction of sp³-hybridized carbons (Fsp3) is 0.500. The number of carbonyl (C=O) groups excluding carboxylic acids is 2. The number of hydrogen-bond acceptors (Lipinski definition) is 7. The summed E-state index contributed by atoms with van der Waals surface area (Å²) in [5.41, 5.74) is 1.15. The third kappa shape index (κ3) is 5.11. The summed E-state index contributed by atoms with van der Waals surface area (Å²) in [4.78, 5) is 26.2. The maximum atomic E-state index is 11.4. The Morgan fingerprint density at radius 2 is 2.10 bits per heavy atom. The number of aliphatic hydroxyl groups is 2. The Kier molecular flexibility index (Phi) is 6.80. The molecule has 1 aromatic heterocycles. The lowest BCUT2D eigenvalue weighted by atomic mass is 10.0. The number of pyridine rings is 1. The molecule has 0 amide bonds. The van der Waals surface area contributed by atoms with Gasteiger partial charge in [0.25, 0.3) is 0 Å². The van der Waals surface area contributed by atoms with E-state index in [-0.39, 0.29) is 17.2 Å². The van der Waals surface area contributed by atoms with Crippen LogP contribution in [0.3, 0.4) is 0 Å². The van der Waals surface area contributed by atoms with Crippen LogP contribution in [-0.4, -0.2) is 45.2 Å². The SMILES string of the molecule is COC(=O)c1ncc(C(O)C(O)CCSC(C)=O)cc1C. The van der Waals surface area contributed by atoms with E-state index in [2.05, 4.69) is 9.72 Å². The second-order valence-electron chi connectivity index (χ2n) is 4.57. The fourth-order valence-corrected chi connectivity index (χ4v) is 2.42. The van der Waals surface area contributed by atoms with Crippen molar-refractivity contribution in [1.82, 2.24) is 4.98 Å². The molecule has 0 saturated heterocycles. The Morgan fingerprint density at radius 3 is 2.62 bits per heavy atom. The van der Waals surface area contributed by atoms with Crippen LogP contribution in [-0.2, 0) is 9.53 Å². The van der Waals surface area contributed by atoms with Crippen LogP contribution in [0, 0.1) is 6.92 Å². The number of aliphatic hydroxyl groups excluding tert-OH is 2. The summed E-state index contributed by atoms with van der Waals surface area (Å²) in [5, 5.41) is 19.9. The van der Waals surface area contributed by atoms with Gasteiger partial charge >= 0.3 is 5.97 Å². The maximum Gasteiger partial charge on any atom is 0.356 e. The number of carbonyl (C=O) groups is 2. The molecule has 116 valence electrons. The third-order valence-corrected chi connectivity index (χ3v) is 3.75. The Balaban J connectivity index is 2.74. The summed E-state index contributed by atoms with van der Waals surface area (Å²) in [6.07, 6.45) is -0.494. The van der Waals surface area contributed by atoms with Crippen LogP contribution in [0.1, 0.15) is 41.1 Å². The molecule has 0 saturated carbocycles. The monoisotopic (exact) mass is 313 g/mol. The Morgan fingerprint density at radius 1 is 1.43 bits per heavy atom. The summed E-state index contributed by atoms with van der Waals surface area (Å²) in [7, 11) is 1.27. The molecule has 0 aliphatic carbocycles. The number of aromatic nitrogens is 1. The van der Waals surface area contributed by atoms with Gasteiger partial charge in [-0.25, -0.2) is 9.78 Å². The van der Waals surface area contributed by atoms with Crippen molar-refractivity contribution in [2.75, 3.05) is 12.9 Å². The van der Waals surface area contributed by atoms with E-state index >= 15 is 0 Å². The summed E-state index contributed by atoms with van der Waals surface area (Å²) >= 11 is 1.10. The molecular formula is C14H19NO5S. The van der Waals surface area contributed by atoms with E-state index in [4.69, 9.17) is 0 Å². The molecule has 7 heteroatoms. The molecule has 1 aromatic rings. The molecule has 0 aliphatic rings. The lowest BCUT2D eigenvalue weighted by Crippen LogP contribution is -2.20. The average molecular weight is 313 g/mol. The summed E-state index contributed by atoms with van der Waals surface area (Å²) in [6, 6.07) is 1.59. The molecule has 1 heterocycles. The Hall–Kier alpha value is -1.44. The highest BCUT2D eigenvalue weighted by Gasteiger charge is 2.21. The number of esters is 1. The van der Waals surface area contributed by atoms with E-state index in [1.54, 1.807) is 13.0 Å². The van der Waals surface area contributed by atoms with Gasteiger partial charge in [0.15, 0.2) is 10.8 Å². The topological polar surface area (TPSA) is 96.7 Å². The largest absolute Gasteiger partial charge is 0.464 e. The molecule has 0 aromatic carbocycles. The van der Waals surface area contributed by atoms with Gasteiger partial charge in [-0.05, 0) is 25.0 Å². The molecule has 2 atom stereocenters. The molecule has 0 aliphatic heterocycles. The van der Waals surface area contributed by atoms with E-state index in [1.807, 2.05) is 0 Å². The predicted molar refractivity (Wildman–Crippen MR) is 79.0 cm³/mol. The van der Waals surface area contributed by atoms with Crippen LogP contribution in [0.2, 0.25) is 0 Å². The molecule has 6 nitrogen and oxygen atoms in total. The highest BCUT2D eigenvalue weighted by Crippen LogP contribution is 2.22. The van der Waals surface area contributed by atoms with Crippen LogP contribution in [0.5, 0.6) is 0 Å². The van der Waals surface area contributed by atoms with E-state index in [0.29, 0.717) is 16.9 Å². The van der Waals surface area contributed by atoms with Gasteiger partial charge in [0, 0.05) is 24.4 Å². The van der Waals surface area contributed by atoms with E-state index in [0.717, 1.165) is 11.8 Å². The van der Waals surface area contributed by atoms with Gasteiger partial charge in [0.1, 0.15) is 6.10 Å². The second kappa shape index (κ2) is 8.11. The molecule has 21 heavy (non-hydrogen) atoms. The zero-order chi connectivity index (χ0) is 16.0. The molecule has 0 spiro atoms. The second-order valence-corrected chi connectivity index (χ2v) is 5.84. The zero-order valence-electron chi connectivity index (χ0n) is 12.2. The van der Waals surface area contributed by atoms with Gasteiger partial charge in [-0.15, -0.1) is 0 Å². The van der Waals surface area contributed by atoms with Crippen molar-refractivity contribution in [3.8, 4) is 0 Å². The molecule has 2 N–H and O–H groups in total. The van der Waals surface area contributed by atoms with E-state index < -0.39 is 18.2 Å². The van der Waals surface area contributed by atoms with Crippen molar-refractivity contribution >= 4 is 22.8 Å². The van der Waals surface area contributed by atoms with Gasteiger partial charge in [-0.1, -0.05) is 11.8 Å². The number of hydrogen-bond donors (Lipinski definition) is 2. The summed E-state index contributed by atoms with van der Waals surface area (Å²) in [6.45, 7) is 3.12. The number of nitrogens with zero attached hydrogens (tertiary/aromatic N) is 1. The minimum Gasteiger partial charge on any atom is -0.464 e. The first-order valence-corrected chi connectivity index (χ1v) is 7.39. The summed E-state index contributed by atoms with van der Waals surface area (Å²) < 4.78 is 4.59. The normalized spacial score (nSPS) is 13.6. The third-order valence-electron chi connectivity index (χ3n) is 2.90. The number of methoxy groups -OCH3 is 1. The van der Waals surface area contributed by atoms with Gasteiger partial charge in [0.05, 0.1) is 13.2 Å². The van der Waals surface area contributed by atoms with Gasteiger partial charge in [-0.2, -0.15) is 0 Å². The molecule has 0 bridgehead atoms. The van der Waals surface area contributed by atoms with Gasteiger partial charge in [0.2, 0.25) is 0 Å². The first-order valence-electron chi connectivity index (χ1n) is 6.41. The molecule has 0 radical (unpaired) electrons. The molecule has 1 rings (SSSR count). The zero-order valence-corrected chi connectivity index (χ0v) is 13.0.